The van der Waals surface area contributed by atoms with Crippen LogP contribution in [0.3, 0.4) is 0 Å². The third-order valence-corrected chi connectivity index (χ3v) is 13.0. The van der Waals surface area contributed by atoms with Crippen LogP contribution in [0.15, 0.2) is 172 Å². The average Bonchev–Trinajstić information content (AvgIpc) is 3.44. The van der Waals surface area contributed by atoms with Crippen molar-refractivity contribution in [1.29, 1.82) is 0 Å². The molecule has 428 valence electrons. The van der Waals surface area contributed by atoms with E-state index in [1.54, 1.807) is 38.1 Å². The zero-order chi connectivity index (χ0) is 58.4. The zero-order valence-electron chi connectivity index (χ0n) is 48.0. The molecule has 0 aliphatic carbocycles. The molecular formula is C70H82F6O4. The molecule has 0 bridgehead atoms. The SMILES string of the molecule is C=CC=CCCCCc1cc(C)cc2c(CCCCC=CC=C)cc(C)cc12.C=CCCCOc1cc(C)cc2c(OCCCC=C)cc(C)cc12.Cc1cc(OCCC(F)=C(F)F)c2cc(C)cc(OCCC(F)=C(F)F)c2c1. The molecule has 10 heteroatoms. The quantitative estimate of drug-likeness (QED) is 0.0195. The molecule has 0 radical (unpaired) electrons. The van der Waals surface area contributed by atoms with Crippen LogP contribution in [0.1, 0.15) is 122 Å². The lowest BCUT2D eigenvalue weighted by Gasteiger charge is -2.15. The van der Waals surface area contributed by atoms with Gasteiger partial charge in [0.25, 0.3) is 0 Å². The van der Waals surface area contributed by atoms with Crippen LogP contribution in [0.2, 0.25) is 0 Å². The smallest absolute Gasteiger partial charge is 0.301 e. The molecule has 0 unspecified atom stereocenters. The highest BCUT2D eigenvalue weighted by atomic mass is 19.3. The summed E-state index contributed by atoms with van der Waals surface area (Å²) in [6.45, 7) is 28.0. The van der Waals surface area contributed by atoms with Gasteiger partial charge in [-0.05, 0) is 211 Å². The highest BCUT2D eigenvalue weighted by Crippen LogP contribution is 2.38. The predicted molar refractivity (Wildman–Crippen MR) is 325 cm³/mol. The summed E-state index contributed by atoms with van der Waals surface area (Å²) < 4.78 is 97.6. The maximum Gasteiger partial charge on any atom is 0.301 e. The van der Waals surface area contributed by atoms with Gasteiger partial charge in [-0.25, -0.2) is 8.78 Å². The third kappa shape index (κ3) is 22.1. The maximum atomic E-state index is 13.0. The first kappa shape index (κ1) is 65.3. The number of hydrogen-bond donors (Lipinski definition) is 0. The Hall–Kier alpha value is -7.20. The van der Waals surface area contributed by atoms with Gasteiger partial charge in [0.15, 0.2) is 11.7 Å². The van der Waals surface area contributed by atoms with E-state index in [1.165, 1.54) is 69.8 Å². The van der Waals surface area contributed by atoms with Crippen molar-refractivity contribution in [3.63, 3.8) is 0 Å². The van der Waals surface area contributed by atoms with Gasteiger partial charge >= 0.3 is 12.2 Å². The average molecular weight is 1100 g/mol. The number of ether oxygens (including phenoxy) is 4. The molecule has 0 heterocycles. The number of hydrogen-bond acceptors (Lipinski definition) is 4. The zero-order valence-corrected chi connectivity index (χ0v) is 48.0. The van der Waals surface area contributed by atoms with Gasteiger partial charge in [-0.3, -0.25) is 0 Å². The molecule has 0 saturated carbocycles. The van der Waals surface area contributed by atoms with Crippen LogP contribution in [0, 0.1) is 41.5 Å². The third-order valence-electron chi connectivity index (χ3n) is 13.0. The van der Waals surface area contributed by atoms with Gasteiger partial charge in [-0.2, -0.15) is 17.6 Å². The van der Waals surface area contributed by atoms with E-state index in [4.69, 9.17) is 18.9 Å². The molecule has 0 aromatic heterocycles. The van der Waals surface area contributed by atoms with E-state index in [2.05, 4.69) is 115 Å². The summed E-state index contributed by atoms with van der Waals surface area (Å²) in [5.74, 6) is -0.505. The minimum atomic E-state index is -2.38. The summed E-state index contributed by atoms with van der Waals surface area (Å²) in [7, 11) is 0. The summed E-state index contributed by atoms with van der Waals surface area (Å²) in [6, 6.07) is 25.0. The van der Waals surface area contributed by atoms with E-state index in [9.17, 15) is 26.3 Å². The van der Waals surface area contributed by atoms with Crippen molar-refractivity contribution in [1.82, 2.24) is 0 Å². The summed E-state index contributed by atoms with van der Waals surface area (Å²) in [4.78, 5) is 0. The maximum absolute atomic E-state index is 13.0. The fourth-order valence-corrected chi connectivity index (χ4v) is 9.21. The molecule has 0 amide bonds. The first-order chi connectivity index (χ1) is 38.5. The van der Waals surface area contributed by atoms with Crippen LogP contribution in [-0.2, 0) is 12.8 Å². The van der Waals surface area contributed by atoms with E-state index < -0.39 is 36.7 Å². The van der Waals surface area contributed by atoms with E-state index in [1.807, 2.05) is 36.5 Å². The summed E-state index contributed by atoms with van der Waals surface area (Å²) >= 11 is 0. The Balaban J connectivity index is 0.000000259. The molecule has 0 saturated heterocycles. The number of unbranched alkanes of at least 4 members (excludes halogenated alkanes) is 6. The van der Waals surface area contributed by atoms with Crippen molar-refractivity contribution in [2.24, 2.45) is 0 Å². The Morgan fingerprint density at radius 1 is 0.362 bits per heavy atom. The molecule has 6 rings (SSSR count). The van der Waals surface area contributed by atoms with E-state index in [-0.39, 0.29) is 13.2 Å². The van der Waals surface area contributed by atoms with Crippen molar-refractivity contribution in [3.05, 3.63) is 216 Å². The van der Waals surface area contributed by atoms with Crippen LogP contribution in [0.4, 0.5) is 26.3 Å². The second-order valence-corrected chi connectivity index (χ2v) is 20.1. The van der Waals surface area contributed by atoms with E-state index in [0.717, 1.165) is 84.8 Å². The largest absolute Gasteiger partial charge is 0.493 e. The topological polar surface area (TPSA) is 36.9 Å². The van der Waals surface area contributed by atoms with Crippen molar-refractivity contribution >= 4 is 32.3 Å². The van der Waals surface area contributed by atoms with E-state index in [0.29, 0.717) is 35.5 Å². The lowest BCUT2D eigenvalue weighted by Crippen LogP contribution is -2.02. The normalized spacial score (nSPS) is 11.0. The Morgan fingerprint density at radius 2 is 0.662 bits per heavy atom. The van der Waals surface area contributed by atoms with Gasteiger partial charge in [0.2, 0.25) is 0 Å². The van der Waals surface area contributed by atoms with Gasteiger partial charge in [0.1, 0.15) is 23.0 Å². The van der Waals surface area contributed by atoms with Crippen molar-refractivity contribution in [3.8, 4) is 23.0 Å². The Labute approximate surface area is 472 Å². The number of halogens is 6. The second kappa shape index (κ2) is 35.4. The minimum Gasteiger partial charge on any atom is -0.493 e. The van der Waals surface area contributed by atoms with Gasteiger partial charge in [-0.1, -0.05) is 97.2 Å². The fourth-order valence-electron chi connectivity index (χ4n) is 9.21. The molecule has 4 nitrogen and oxygen atoms in total. The van der Waals surface area contributed by atoms with E-state index >= 15 is 0 Å². The molecule has 0 N–H and O–H groups in total. The van der Waals surface area contributed by atoms with Crippen molar-refractivity contribution in [2.75, 3.05) is 26.4 Å². The first-order valence-corrected chi connectivity index (χ1v) is 27.8. The molecule has 6 aromatic rings. The van der Waals surface area contributed by atoms with Gasteiger partial charge in [0.05, 0.1) is 26.4 Å². The molecule has 0 aliphatic heterocycles. The monoisotopic (exact) mass is 1100 g/mol. The number of fused-ring (bicyclic) bond motifs is 3. The standard InChI is InChI=1S/C28H36.C22H28O2.C20H18F6O2/c1-5-7-9-11-13-15-17-25-19-23(3)22-28-26(20-24(4)21-27(25)28)18-16-14-12-10-8-6-2;1-5-7-9-11-23-21-15-17(3)14-20-19(21)13-18(4)16-22(20)24-12-10-8-6-2;1-11-7-13-14(17(9-11)27-5-3-15(21)19(23)24)8-12(2)10-18(13)28-6-4-16(22)20(25)26/h5-10,19-22H,1-2,11-18H2,3-4H3;5-6,13-16H,1-2,7-12H2,3-4H3;7-10H,3-6H2,1-2H3. The van der Waals surface area contributed by atoms with Crippen LogP contribution in [0.25, 0.3) is 32.3 Å². The molecule has 6 aromatic carbocycles. The lowest BCUT2D eigenvalue weighted by atomic mass is 9.91. The van der Waals surface area contributed by atoms with Gasteiger partial charge in [0, 0.05) is 34.4 Å². The molecule has 0 aliphatic rings. The summed E-state index contributed by atoms with van der Waals surface area (Å²) in [5.41, 5.74) is 9.67. The number of rotatable bonds is 30. The first-order valence-electron chi connectivity index (χ1n) is 27.8. The highest BCUT2D eigenvalue weighted by Gasteiger charge is 2.15. The molecular weight excluding hydrogens is 1020 g/mol. The van der Waals surface area contributed by atoms with Crippen LogP contribution < -0.4 is 18.9 Å². The van der Waals surface area contributed by atoms with Gasteiger partial charge < -0.3 is 18.9 Å². The van der Waals surface area contributed by atoms with Crippen LogP contribution in [0.5, 0.6) is 23.0 Å². The predicted octanol–water partition coefficient (Wildman–Crippen LogP) is 21.7. The van der Waals surface area contributed by atoms with Crippen LogP contribution >= 0.6 is 0 Å². The summed E-state index contributed by atoms with van der Waals surface area (Å²) in [5, 5.41) is 6.34. The number of allylic oxidation sites excluding steroid dienone is 8. The molecule has 80 heavy (non-hydrogen) atoms. The van der Waals surface area contributed by atoms with Crippen molar-refractivity contribution in [2.45, 2.75) is 131 Å². The molecule has 0 fully saturated rings. The molecule has 0 spiro atoms. The minimum absolute atomic E-state index is 0.294. The van der Waals surface area contributed by atoms with Gasteiger partial charge in [-0.15, -0.1) is 13.2 Å². The van der Waals surface area contributed by atoms with Crippen LogP contribution in [-0.4, -0.2) is 26.4 Å². The number of aryl methyl sites for hydroxylation is 8. The fraction of sp³-hybridized carbons (Fsp3) is 0.343. The Kier molecular flexibility index (Phi) is 28.9. The Morgan fingerprint density at radius 3 is 0.963 bits per heavy atom. The number of benzene rings is 6. The molecule has 0 atom stereocenters. The second-order valence-electron chi connectivity index (χ2n) is 20.1. The van der Waals surface area contributed by atoms with Crippen molar-refractivity contribution < 1.29 is 45.3 Å². The Bertz CT molecular complexity index is 2910. The summed E-state index contributed by atoms with van der Waals surface area (Å²) in [6.07, 6.45) is 23.6. The lowest BCUT2D eigenvalue weighted by molar-refractivity contribution is 0.295. The highest BCUT2D eigenvalue weighted by molar-refractivity contribution is 5.95.